The molecule has 7 nitrogen and oxygen atoms in total. The van der Waals surface area contributed by atoms with Gasteiger partial charge in [-0.25, -0.2) is 14.8 Å². The summed E-state index contributed by atoms with van der Waals surface area (Å²) in [5.41, 5.74) is 2.94. The predicted octanol–water partition coefficient (Wildman–Crippen LogP) is 7.02. The number of oxazole rings is 1. The Bertz CT molecular complexity index is 1370. The maximum atomic E-state index is 12.4. The first kappa shape index (κ1) is 28.0. The number of carbonyl (C=O) groups is 1. The predicted molar refractivity (Wildman–Crippen MR) is 152 cm³/mol. The van der Waals surface area contributed by atoms with Gasteiger partial charge in [0.15, 0.2) is 5.60 Å². The summed E-state index contributed by atoms with van der Waals surface area (Å²) in [6, 6.07) is 8.38. The molecular formula is C29H35N3O4S2. The molecule has 0 unspecified atom stereocenters. The Labute approximate surface area is 232 Å². The van der Waals surface area contributed by atoms with Crippen molar-refractivity contribution in [3.8, 4) is 16.5 Å². The van der Waals surface area contributed by atoms with Crippen LogP contribution in [0.25, 0.3) is 10.8 Å². The molecule has 0 spiro atoms. The van der Waals surface area contributed by atoms with Gasteiger partial charge in [0.05, 0.1) is 23.7 Å². The first-order chi connectivity index (χ1) is 18.1. The summed E-state index contributed by atoms with van der Waals surface area (Å²) in [7, 11) is 0. The highest BCUT2D eigenvalue weighted by Gasteiger charge is 2.32. The highest BCUT2D eigenvalue weighted by atomic mass is 32.1. The molecule has 0 bridgehead atoms. The van der Waals surface area contributed by atoms with E-state index in [9.17, 15) is 4.79 Å². The lowest BCUT2D eigenvalue weighted by Crippen LogP contribution is -2.40. The van der Waals surface area contributed by atoms with Crippen LogP contribution in [0.3, 0.4) is 0 Å². The largest absolute Gasteiger partial charge is 0.476 e. The van der Waals surface area contributed by atoms with Gasteiger partial charge in [-0.15, -0.1) is 22.7 Å². The van der Waals surface area contributed by atoms with Gasteiger partial charge < -0.3 is 13.9 Å². The van der Waals surface area contributed by atoms with Gasteiger partial charge >= 0.3 is 5.97 Å². The van der Waals surface area contributed by atoms with E-state index in [4.69, 9.17) is 18.9 Å². The van der Waals surface area contributed by atoms with Gasteiger partial charge in [0.25, 0.3) is 0 Å². The number of aromatic nitrogens is 2. The van der Waals surface area contributed by atoms with Crippen molar-refractivity contribution in [2.45, 2.75) is 73.7 Å². The van der Waals surface area contributed by atoms with Crippen LogP contribution in [0, 0.1) is 27.7 Å². The Morgan fingerprint density at radius 2 is 1.82 bits per heavy atom. The number of hydrogen-bond acceptors (Lipinski definition) is 9. The van der Waals surface area contributed by atoms with Crippen LogP contribution < -0.4 is 4.74 Å². The Morgan fingerprint density at radius 1 is 1.08 bits per heavy atom. The lowest BCUT2D eigenvalue weighted by Gasteiger charge is -2.27. The molecule has 4 aromatic rings. The number of aryl methyl sites for hydroxylation is 4. The van der Waals surface area contributed by atoms with E-state index in [1.165, 1.54) is 4.88 Å². The van der Waals surface area contributed by atoms with E-state index in [2.05, 4.69) is 41.1 Å². The zero-order chi connectivity index (χ0) is 27.4. The van der Waals surface area contributed by atoms with E-state index < -0.39 is 5.60 Å². The van der Waals surface area contributed by atoms with Gasteiger partial charge in [-0.05, 0) is 77.3 Å². The van der Waals surface area contributed by atoms with Crippen molar-refractivity contribution >= 4 is 28.6 Å². The van der Waals surface area contributed by atoms with Crippen molar-refractivity contribution in [3.05, 3.63) is 73.9 Å². The molecule has 4 rings (SSSR count). The molecule has 3 aromatic heterocycles. The zero-order valence-electron chi connectivity index (χ0n) is 23.1. The van der Waals surface area contributed by atoms with Crippen LogP contribution in [0.15, 0.2) is 40.3 Å². The molecule has 0 radical (unpaired) electrons. The Kier molecular flexibility index (Phi) is 8.70. The molecule has 0 saturated carbocycles. The number of thiophene rings is 1. The quantitative estimate of drug-likeness (QED) is 0.185. The molecule has 38 heavy (non-hydrogen) atoms. The summed E-state index contributed by atoms with van der Waals surface area (Å²) < 4.78 is 17.4. The van der Waals surface area contributed by atoms with Crippen LogP contribution in [0.4, 0.5) is 0 Å². The summed E-state index contributed by atoms with van der Waals surface area (Å²) in [5, 5.41) is 3.04. The van der Waals surface area contributed by atoms with Crippen molar-refractivity contribution in [2.75, 3.05) is 6.61 Å². The van der Waals surface area contributed by atoms with Crippen molar-refractivity contribution in [3.63, 3.8) is 0 Å². The number of nitrogens with zero attached hydrogens (tertiary/aromatic N) is 3. The van der Waals surface area contributed by atoms with Crippen LogP contribution in [-0.4, -0.2) is 33.0 Å². The van der Waals surface area contributed by atoms with Crippen LogP contribution in [0.2, 0.25) is 0 Å². The van der Waals surface area contributed by atoms with Gasteiger partial charge in [-0.1, -0.05) is 12.1 Å². The van der Waals surface area contributed by atoms with Gasteiger partial charge in [0.2, 0.25) is 5.89 Å². The molecule has 0 aliphatic rings. The fourth-order valence-electron chi connectivity index (χ4n) is 4.28. The molecule has 0 N–H and O–H groups in total. The maximum Gasteiger partial charge on any atom is 0.349 e. The molecule has 1 aromatic carbocycles. The maximum absolute atomic E-state index is 12.4. The van der Waals surface area contributed by atoms with Gasteiger partial charge in [-0.3, -0.25) is 4.90 Å². The molecule has 9 heteroatoms. The van der Waals surface area contributed by atoms with Crippen molar-refractivity contribution in [1.29, 1.82) is 0 Å². The van der Waals surface area contributed by atoms with Crippen LogP contribution in [0.1, 0.15) is 58.8 Å². The average Bonchev–Trinajstić information content (AvgIpc) is 3.59. The van der Waals surface area contributed by atoms with E-state index in [0.717, 1.165) is 38.0 Å². The van der Waals surface area contributed by atoms with Crippen molar-refractivity contribution in [1.82, 2.24) is 14.9 Å². The molecule has 0 amide bonds. The molecule has 0 aliphatic carbocycles. The zero-order valence-corrected chi connectivity index (χ0v) is 24.7. The second kappa shape index (κ2) is 11.8. The van der Waals surface area contributed by atoms with Crippen LogP contribution >= 0.6 is 22.7 Å². The van der Waals surface area contributed by atoms with E-state index >= 15 is 0 Å². The van der Waals surface area contributed by atoms with Gasteiger partial charge in [0.1, 0.15) is 16.5 Å². The minimum Gasteiger partial charge on any atom is -0.476 e. The molecule has 0 saturated heterocycles. The third-order valence-electron chi connectivity index (χ3n) is 6.11. The molecular weight excluding hydrogens is 518 g/mol. The second-order valence-corrected chi connectivity index (χ2v) is 12.2. The van der Waals surface area contributed by atoms with E-state index in [1.54, 1.807) is 43.4 Å². The lowest BCUT2D eigenvalue weighted by atomic mass is 10.0. The number of rotatable bonds is 11. The summed E-state index contributed by atoms with van der Waals surface area (Å²) >= 11 is 3.33. The second-order valence-electron chi connectivity index (χ2n) is 9.89. The van der Waals surface area contributed by atoms with Crippen LogP contribution in [0.5, 0.6) is 5.75 Å². The van der Waals surface area contributed by atoms with E-state index in [0.29, 0.717) is 37.9 Å². The van der Waals surface area contributed by atoms with Crippen molar-refractivity contribution in [2.24, 2.45) is 0 Å². The molecule has 0 atom stereocenters. The number of carbonyl (C=O) groups excluding carboxylic acids is 1. The Balaban J connectivity index is 1.56. The SMILES string of the molecule is CCOC(=O)C(C)(C)Oc1c(C)cc(CN(Cc2nccs2)Cc2nc(-c3ccc(C)s3)oc2C)cc1C. The standard InChI is InChI=1S/C29H35N3O4S2/c1-8-34-28(33)29(6,7)36-26-18(2)13-22(14-19(26)3)15-32(17-25-30-11-12-37-25)16-23-21(5)35-27(31-23)24-10-9-20(4)38-24/h9-14H,8,15-17H2,1-7H3. The summed E-state index contributed by atoms with van der Waals surface area (Å²) in [6.07, 6.45) is 1.84. The van der Waals surface area contributed by atoms with Crippen molar-refractivity contribution < 1.29 is 18.7 Å². The van der Waals surface area contributed by atoms with E-state index in [-0.39, 0.29) is 5.97 Å². The molecule has 0 aliphatic heterocycles. The van der Waals surface area contributed by atoms with E-state index in [1.807, 2.05) is 32.3 Å². The number of benzene rings is 1. The van der Waals surface area contributed by atoms with Gasteiger partial charge in [0, 0.05) is 29.5 Å². The first-order valence-corrected chi connectivity index (χ1v) is 14.4. The normalized spacial score (nSPS) is 11.8. The molecule has 0 fully saturated rings. The monoisotopic (exact) mass is 553 g/mol. The highest BCUT2D eigenvalue weighted by molar-refractivity contribution is 7.15. The fourth-order valence-corrected chi connectivity index (χ4v) is 5.73. The summed E-state index contributed by atoms with van der Waals surface area (Å²) in [6.45, 7) is 15.7. The Hall–Kier alpha value is -3.01. The summed E-state index contributed by atoms with van der Waals surface area (Å²) in [5.74, 6) is 1.83. The number of thiazole rings is 1. The fraction of sp³-hybridized carbons (Fsp3) is 0.414. The minimum absolute atomic E-state index is 0.316. The number of ether oxygens (including phenoxy) is 2. The average molecular weight is 554 g/mol. The minimum atomic E-state index is -1.08. The third-order valence-corrected chi connectivity index (χ3v) is 7.86. The number of esters is 1. The van der Waals surface area contributed by atoms with Crippen LogP contribution in [-0.2, 0) is 29.2 Å². The number of hydrogen-bond donors (Lipinski definition) is 0. The first-order valence-electron chi connectivity index (χ1n) is 12.7. The van der Waals surface area contributed by atoms with Gasteiger partial charge in [-0.2, -0.15) is 0 Å². The highest BCUT2D eigenvalue weighted by Crippen LogP contribution is 2.31. The Morgan fingerprint density at radius 3 is 2.42 bits per heavy atom. The molecule has 202 valence electrons. The summed E-state index contributed by atoms with van der Waals surface area (Å²) in [4.78, 5) is 26.3. The smallest absolute Gasteiger partial charge is 0.349 e. The lowest BCUT2D eigenvalue weighted by molar-refractivity contribution is -0.158. The topological polar surface area (TPSA) is 77.7 Å². The molecule has 3 heterocycles. The third kappa shape index (κ3) is 6.70.